The van der Waals surface area contributed by atoms with E-state index in [0.29, 0.717) is 4.31 Å². The number of carbonyl (C=O) groups is 1. The van der Waals surface area contributed by atoms with Gasteiger partial charge in [0.05, 0.1) is 11.4 Å². The highest BCUT2D eigenvalue weighted by Crippen LogP contribution is 2.29. The van der Waals surface area contributed by atoms with Gasteiger partial charge < -0.3 is 0 Å². The fourth-order valence-electron chi connectivity index (χ4n) is 2.32. The van der Waals surface area contributed by atoms with Crippen LogP contribution < -0.4 is 4.31 Å². The molecule has 0 bridgehead atoms. The standard InChI is InChI=1S/C17H16BrF2NO5S2/c1-2-28(25,26)8-7-21(27(23)24)16-10-14(18)13(9-15(16)20)17(22)11-3-5-12(19)6-4-11/h3-6,9-10,27H,2,7-8H2,1H3. The van der Waals surface area contributed by atoms with E-state index in [-0.39, 0.29) is 27.0 Å². The number of nitrogens with zero attached hydrogens (tertiary/aromatic N) is 1. The summed E-state index contributed by atoms with van der Waals surface area (Å²) in [6.07, 6.45) is 0. The van der Waals surface area contributed by atoms with Gasteiger partial charge in [0.15, 0.2) is 15.6 Å². The molecule has 0 N–H and O–H groups in total. The summed E-state index contributed by atoms with van der Waals surface area (Å²) in [5.74, 6) is -2.78. The molecule has 0 aliphatic carbocycles. The topological polar surface area (TPSA) is 88.6 Å². The van der Waals surface area contributed by atoms with Crippen molar-refractivity contribution in [2.24, 2.45) is 0 Å². The maximum absolute atomic E-state index is 14.6. The van der Waals surface area contributed by atoms with Crippen molar-refractivity contribution >= 4 is 48.1 Å². The molecule has 152 valence electrons. The minimum absolute atomic E-state index is 0.0879. The van der Waals surface area contributed by atoms with Gasteiger partial charge in [0, 0.05) is 27.9 Å². The van der Waals surface area contributed by atoms with E-state index in [1.54, 1.807) is 0 Å². The Bertz CT molecular complexity index is 1060. The largest absolute Gasteiger partial charge is 0.289 e. The number of hydrogen-bond acceptors (Lipinski definition) is 5. The van der Waals surface area contributed by atoms with E-state index in [2.05, 4.69) is 15.9 Å². The van der Waals surface area contributed by atoms with E-state index >= 15 is 0 Å². The first-order valence-electron chi connectivity index (χ1n) is 7.97. The predicted octanol–water partition coefficient (Wildman–Crippen LogP) is 2.73. The highest BCUT2D eigenvalue weighted by atomic mass is 79.9. The van der Waals surface area contributed by atoms with Crippen LogP contribution in [0.4, 0.5) is 14.5 Å². The van der Waals surface area contributed by atoms with Crippen LogP contribution in [0.15, 0.2) is 40.9 Å². The first-order chi connectivity index (χ1) is 13.1. The number of halogens is 3. The molecule has 0 atom stereocenters. The lowest BCUT2D eigenvalue weighted by atomic mass is 10.0. The number of carbonyl (C=O) groups excluding carboxylic acids is 1. The molecule has 2 aromatic rings. The van der Waals surface area contributed by atoms with Crippen LogP contribution in [0.1, 0.15) is 22.8 Å². The Hall–Kier alpha value is -1.85. The molecule has 0 saturated heterocycles. The average molecular weight is 496 g/mol. The van der Waals surface area contributed by atoms with Crippen molar-refractivity contribution in [1.29, 1.82) is 0 Å². The lowest BCUT2D eigenvalue weighted by molar-refractivity contribution is 0.103. The van der Waals surface area contributed by atoms with Gasteiger partial charge in [-0.3, -0.25) is 9.10 Å². The smallest absolute Gasteiger partial charge is 0.225 e. The molecule has 0 aliphatic rings. The molecule has 0 amide bonds. The number of sulfone groups is 1. The summed E-state index contributed by atoms with van der Waals surface area (Å²) < 4.78 is 74.6. The Morgan fingerprint density at radius 1 is 1.14 bits per heavy atom. The van der Waals surface area contributed by atoms with E-state index in [0.717, 1.165) is 24.3 Å². The zero-order chi connectivity index (χ0) is 21.1. The minimum atomic E-state index is -3.47. The third-order valence-electron chi connectivity index (χ3n) is 3.92. The molecule has 6 nitrogen and oxygen atoms in total. The summed E-state index contributed by atoms with van der Waals surface area (Å²) in [5, 5.41) is 0. The van der Waals surface area contributed by atoms with Crippen LogP contribution in [0.25, 0.3) is 0 Å². The molecule has 0 radical (unpaired) electrons. The van der Waals surface area contributed by atoms with Gasteiger partial charge in [0.1, 0.15) is 11.6 Å². The maximum Gasteiger partial charge on any atom is 0.225 e. The number of benzene rings is 2. The lowest BCUT2D eigenvalue weighted by Gasteiger charge is -2.19. The van der Waals surface area contributed by atoms with Crippen LogP contribution in [-0.4, -0.2) is 40.7 Å². The Morgan fingerprint density at radius 2 is 1.75 bits per heavy atom. The number of hydrogen-bond donors (Lipinski definition) is 1. The second kappa shape index (κ2) is 9.10. The van der Waals surface area contributed by atoms with Crippen molar-refractivity contribution in [2.75, 3.05) is 22.4 Å². The van der Waals surface area contributed by atoms with Crippen LogP contribution in [0.2, 0.25) is 0 Å². The van der Waals surface area contributed by atoms with Gasteiger partial charge in [-0.15, -0.1) is 0 Å². The number of rotatable bonds is 8. The second-order valence-electron chi connectivity index (χ2n) is 5.72. The second-order valence-corrected chi connectivity index (χ2v) is 10.0. The summed E-state index contributed by atoms with van der Waals surface area (Å²) in [4.78, 5) is 12.5. The molecule has 0 fully saturated rings. The zero-order valence-electron chi connectivity index (χ0n) is 14.6. The van der Waals surface area contributed by atoms with Crippen LogP contribution >= 0.6 is 15.9 Å². The predicted molar refractivity (Wildman–Crippen MR) is 106 cm³/mol. The van der Waals surface area contributed by atoms with Gasteiger partial charge in [0.25, 0.3) is 0 Å². The molecule has 0 spiro atoms. The molecule has 2 aromatic carbocycles. The van der Waals surface area contributed by atoms with Crippen LogP contribution in [-0.2, 0) is 20.7 Å². The van der Waals surface area contributed by atoms with Gasteiger partial charge in [-0.05, 0) is 52.3 Å². The Morgan fingerprint density at radius 3 is 2.29 bits per heavy atom. The first kappa shape index (κ1) is 22.4. The molecule has 28 heavy (non-hydrogen) atoms. The molecule has 0 aliphatic heterocycles. The van der Waals surface area contributed by atoms with Crippen molar-refractivity contribution in [3.05, 3.63) is 63.6 Å². The van der Waals surface area contributed by atoms with Gasteiger partial charge in [-0.1, -0.05) is 6.92 Å². The summed E-state index contributed by atoms with van der Waals surface area (Å²) in [6, 6.07) is 6.60. The van der Waals surface area contributed by atoms with Gasteiger partial charge in [-0.2, -0.15) is 0 Å². The van der Waals surface area contributed by atoms with Gasteiger partial charge in [-0.25, -0.2) is 25.6 Å². The average Bonchev–Trinajstić information content (AvgIpc) is 2.64. The van der Waals surface area contributed by atoms with Crippen molar-refractivity contribution < 1.29 is 30.4 Å². The monoisotopic (exact) mass is 495 g/mol. The third kappa shape index (κ3) is 5.36. The van der Waals surface area contributed by atoms with E-state index in [1.807, 2.05) is 0 Å². The summed E-state index contributed by atoms with van der Waals surface area (Å²) in [5.41, 5.74) is -0.352. The fraction of sp³-hybridized carbons (Fsp3) is 0.235. The normalized spacial score (nSPS) is 11.6. The van der Waals surface area contributed by atoms with E-state index < -0.39 is 50.4 Å². The van der Waals surface area contributed by atoms with Crippen molar-refractivity contribution in [2.45, 2.75) is 6.92 Å². The summed E-state index contributed by atoms with van der Waals surface area (Å²) >= 11 is 3.11. The number of thiol groups is 1. The SMILES string of the molecule is CCS(=O)(=O)CCN(c1cc(Br)c(C(=O)c2ccc(F)cc2)cc1F)[SH](=O)=O. The quantitative estimate of drug-likeness (QED) is 0.449. The molecular formula is C17H16BrF2NO5S2. The Kier molecular flexibility index (Phi) is 7.29. The molecule has 0 heterocycles. The van der Waals surface area contributed by atoms with Crippen molar-refractivity contribution in [3.8, 4) is 0 Å². The van der Waals surface area contributed by atoms with Crippen LogP contribution in [0.5, 0.6) is 0 Å². The number of ketones is 1. The molecule has 2 rings (SSSR count). The Labute approximate surface area is 171 Å². The van der Waals surface area contributed by atoms with Crippen LogP contribution in [0, 0.1) is 11.6 Å². The van der Waals surface area contributed by atoms with Crippen molar-refractivity contribution in [3.63, 3.8) is 0 Å². The highest BCUT2D eigenvalue weighted by molar-refractivity contribution is 9.10. The maximum atomic E-state index is 14.6. The van der Waals surface area contributed by atoms with Crippen molar-refractivity contribution in [1.82, 2.24) is 0 Å². The van der Waals surface area contributed by atoms with E-state index in [9.17, 15) is 30.4 Å². The highest BCUT2D eigenvalue weighted by Gasteiger charge is 2.22. The van der Waals surface area contributed by atoms with E-state index in [1.165, 1.54) is 19.1 Å². The number of anilines is 1. The van der Waals surface area contributed by atoms with Gasteiger partial charge in [0.2, 0.25) is 10.9 Å². The first-order valence-corrected chi connectivity index (χ1v) is 11.7. The molecule has 0 aromatic heterocycles. The molecule has 0 saturated carbocycles. The van der Waals surface area contributed by atoms with Gasteiger partial charge >= 0.3 is 0 Å². The fourth-order valence-corrected chi connectivity index (χ4v) is 4.31. The zero-order valence-corrected chi connectivity index (χ0v) is 17.9. The summed E-state index contributed by atoms with van der Waals surface area (Å²) in [6.45, 7) is 0.966. The molecule has 0 unspecified atom stereocenters. The lowest BCUT2D eigenvalue weighted by Crippen LogP contribution is -2.29. The Balaban J connectivity index is 2.40. The third-order valence-corrected chi connectivity index (χ3v) is 7.07. The van der Waals surface area contributed by atoms with Crippen LogP contribution in [0.3, 0.4) is 0 Å². The molecule has 11 heteroatoms. The van der Waals surface area contributed by atoms with E-state index in [4.69, 9.17) is 0 Å². The summed E-state index contributed by atoms with van der Waals surface area (Å²) in [7, 11) is -6.79. The minimum Gasteiger partial charge on any atom is -0.289 e. The molecular weight excluding hydrogens is 480 g/mol.